The predicted octanol–water partition coefficient (Wildman–Crippen LogP) is 2.43. The SMILES string of the molecule is COCCC(C)(C)CNc1ncccc1C#N. The standard InChI is InChI=1S/C13H19N3O/c1-13(2,6-8-17-3)10-16-12-11(9-14)5-4-7-15-12/h4-5,7H,6,8,10H2,1-3H3,(H,15,16). The molecule has 0 spiro atoms. The first-order valence-corrected chi connectivity index (χ1v) is 5.67. The Morgan fingerprint density at radius 3 is 2.94 bits per heavy atom. The summed E-state index contributed by atoms with van der Waals surface area (Å²) in [6, 6.07) is 5.65. The summed E-state index contributed by atoms with van der Waals surface area (Å²) in [5.41, 5.74) is 0.690. The van der Waals surface area contributed by atoms with Gasteiger partial charge >= 0.3 is 0 Å². The number of anilines is 1. The summed E-state index contributed by atoms with van der Waals surface area (Å²) >= 11 is 0. The summed E-state index contributed by atoms with van der Waals surface area (Å²) in [4.78, 5) is 4.17. The molecule has 0 unspecified atom stereocenters. The number of nitrogens with zero attached hydrogens (tertiary/aromatic N) is 2. The second-order valence-corrected chi connectivity index (χ2v) is 4.77. The molecule has 1 rings (SSSR count). The zero-order valence-electron chi connectivity index (χ0n) is 10.7. The summed E-state index contributed by atoms with van der Waals surface area (Å²) in [5, 5.41) is 12.2. The lowest BCUT2D eigenvalue weighted by Gasteiger charge is -2.25. The smallest absolute Gasteiger partial charge is 0.143 e. The Morgan fingerprint density at radius 2 is 2.29 bits per heavy atom. The minimum atomic E-state index is 0.111. The van der Waals surface area contributed by atoms with Gasteiger partial charge in [0.2, 0.25) is 0 Å². The molecule has 0 atom stereocenters. The van der Waals surface area contributed by atoms with Crippen LogP contribution in [-0.2, 0) is 4.74 Å². The molecule has 17 heavy (non-hydrogen) atoms. The summed E-state index contributed by atoms with van der Waals surface area (Å²) in [5.74, 6) is 0.653. The van der Waals surface area contributed by atoms with Gasteiger partial charge in [0.15, 0.2) is 0 Å². The molecule has 0 aliphatic rings. The first kappa shape index (κ1) is 13.5. The van der Waals surface area contributed by atoms with E-state index in [1.807, 2.05) is 0 Å². The van der Waals surface area contributed by atoms with E-state index in [0.29, 0.717) is 11.4 Å². The van der Waals surface area contributed by atoms with Crippen molar-refractivity contribution in [1.29, 1.82) is 5.26 Å². The number of pyridine rings is 1. The first-order chi connectivity index (χ1) is 8.09. The molecule has 0 fully saturated rings. The van der Waals surface area contributed by atoms with Gasteiger partial charge in [-0.1, -0.05) is 13.8 Å². The monoisotopic (exact) mass is 233 g/mol. The lowest BCUT2D eigenvalue weighted by atomic mass is 9.89. The van der Waals surface area contributed by atoms with E-state index in [0.717, 1.165) is 19.6 Å². The molecule has 4 nitrogen and oxygen atoms in total. The summed E-state index contributed by atoms with van der Waals surface area (Å²) in [6.45, 7) is 5.83. The van der Waals surface area contributed by atoms with Crippen molar-refractivity contribution in [2.24, 2.45) is 5.41 Å². The van der Waals surface area contributed by atoms with Crippen LogP contribution in [0.25, 0.3) is 0 Å². The second kappa shape index (κ2) is 6.21. The Kier molecular flexibility index (Phi) is 4.92. The molecule has 0 aliphatic heterocycles. The number of aromatic nitrogens is 1. The lowest BCUT2D eigenvalue weighted by molar-refractivity contribution is 0.157. The van der Waals surface area contributed by atoms with Crippen molar-refractivity contribution in [3.05, 3.63) is 23.9 Å². The zero-order valence-corrected chi connectivity index (χ0v) is 10.7. The quantitative estimate of drug-likeness (QED) is 0.819. The molecular weight excluding hydrogens is 214 g/mol. The molecule has 0 bridgehead atoms. The van der Waals surface area contributed by atoms with Gasteiger partial charge in [0.1, 0.15) is 11.9 Å². The fourth-order valence-corrected chi connectivity index (χ4v) is 1.43. The zero-order chi connectivity index (χ0) is 12.7. The highest BCUT2D eigenvalue weighted by Gasteiger charge is 2.18. The third-order valence-electron chi connectivity index (χ3n) is 2.65. The highest BCUT2D eigenvalue weighted by atomic mass is 16.5. The average Bonchev–Trinajstić information content (AvgIpc) is 2.34. The van der Waals surface area contributed by atoms with Gasteiger partial charge in [0.05, 0.1) is 5.56 Å². The summed E-state index contributed by atoms with van der Waals surface area (Å²) in [6.07, 6.45) is 2.65. The van der Waals surface area contributed by atoms with E-state index in [1.54, 1.807) is 25.4 Å². The van der Waals surface area contributed by atoms with Crippen LogP contribution in [0.1, 0.15) is 25.8 Å². The van der Waals surface area contributed by atoms with Gasteiger partial charge in [0.25, 0.3) is 0 Å². The highest BCUT2D eigenvalue weighted by molar-refractivity contribution is 5.51. The first-order valence-electron chi connectivity index (χ1n) is 5.67. The van der Waals surface area contributed by atoms with Gasteiger partial charge < -0.3 is 10.1 Å². The largest absolute Gasteiger partial charge is 0.385 e. The van der Waals surface area contributed by atoms with Gasteiger partial charge in [-0.3, -0.25) is 0 Å². The molecule has 1 heterocycles. The van der Waals surface area contributed by atoms with E-state index < -0.39 is 0 Å². The fourth-order valence-electron chi connectivity index (χ4n) is 1.43. The Morgan fingerprint density at radius 1 is 1.53 bits per heavy atom. The lowest BCUT2D eigenvalue weighted by Crippen LogP contribution is -2.25. The van der Waals surface area contributed by atoms with Crippen LogP contribution in [0.3, 0.4) is 0 Å². The van der Waals surface area contributed by atoms with Gasteiger partial charge in [-0.15, -0.1) is 0 Å². The van der Waals surface area contributed by atoms with Crippen molar-refractivity contribution in [2.45, 2.75) is 20.3 Å². The van der Waals surface area contributed by atoms with Crippen LogP contribution in [0.2, 0.25) is 0 Å². The van der Waals surface area contributed by atoms with Crippen molar-refractivity contribution in [3.8, 4) is 6.07 Å². The van der Waals surface area contributed by atoms with Crippen LogP contribution in [-0.4, -0.2) is 25.2 Å². The van der Waals surface area contributed by atoms with E-state index in [2.05, 4.69) is 30.2 Å². The summed E-state index contributed by atoms with van der Waals surface area (Å²) in [7, 11) is 1.70. The fraction of sp³-hybridized carbons (Fsp3) is 0.538. The van der Waals surface area contributed by atoms with Crippen molar-refractivity contribution >= 4 is 5.82 Å². The Labute approximate surface area is 103 Å². The Hall–Kier alpha value is -1.60. The number of methoxy groups -OCH3 is 1. The number of nitriles is 1. The molecule has 1 N–H and O–H groups in total. The van der Waals surface area contributed by atoms with Crippen LogP contribution in [0.15, 0.2) is 18.3 Å². The minimum Gasteiger partial charge on any atom is -0.385 e. The highest BCUT2D eigenvalue weighted by Crippen LogP contribution is 2.21. The number of hydrogen-bond donors (Lipinski definition) is 1. The van der Waals surface area contributed by atoms with Crippen LogP contribution >= 0.6 is 0 Å². The van der Waals surface area contributed by atoms with Crippen molar-refractivity contribution in [1.82, 2.24) is 4.98 Å². The van der Waals surface area contributed by atoms with Crippen LogP contribution in [0.4, 0.5) is 5.82 Å². The average molecular weight is 233 g/mol. The van der Waals surface area contributed by atoms with Gasteiger partial charge in [-0.25, -0.2) is 4.98 Å². The molecule has 0 aliphatic carbocycles. The molecule has 0 amide bonds. The molecule has 4 heteroatoms. The van der Waals surface area contributed by atoms with Crippen molar-refractivity contribution in [3.63, 3.8) is 0 Å². The number of rotatable bonds is 6. The molecule has 0 saturated heterocycles. The van der Waals surface area contributed by atoms with Crippen molar-refractivity contribution < 1.29 is 4.74 Å². The van der Waals surface area contributed by atoms with Gasteiger partial charge in [-0.05, 0) is 24.0 Å². The third kappa shape index (κ3) is 4.41. The Balaban J connectivity index is 2.58. The normalized spacial score (nSPS) is 10.9. The maximum absolute atomic E-state index is 8.94. The van der Waals surface area contributed by atoms with E-state index in [9.17, 15) is 0 Å². The molecular formula is C13H19N3O. The predicted molar refractivity (Wildman–Crippen MR) is 67.7 cm³/mol. The second-order valence-electron chi connectivity index (χ2n) is 4.77. The van der Waals surface area contributed by atoms with Crippen molar-refractivity contribution in [2.75, 3.05) is 25.6 Å². The maximum atomic E-state index is 8.94. The van der Waals surface area contributed by atoms with E-state index >= 15 is 0 Å². The van der Waals surface area contributed by atoms with Gasteiger partial charge in [0, 0.05) is 26.5 Å². The van der Waals surface area contributed by atoms with E-state index in [4.69, 9.17) is 10.00 Å². The molecule has 0 radical (unpaired) electrons. The van der Waals surface area contributed by atoms with E-state index in [1.165, 1.54) is 0 Å². The van der Waals surface area contributed by atoms with Gasteiger partial charge in [-0.2, -0.15) is 5.26 Å². The molecule has 0 aromatic carbocycles. The minimum absolute atomic E-state index is 0.111. The number of hydrogen-bond acceptors (Lipinski definition) is 4. The van der Waals surface area contributed by atoms with Crippen LogP contribution in [0, 0.1) is 16.7 Å². The molecule has 0 saturated carbocycles. The number of ether oxygens (including phenoxy) is 1. The Bertz CT molecular complexity index is 396. The third-order valence-corrected chi connectivity index (χ3v) is 2.65. The van der Waals surface area contributed by atoms with Crippen LogP contribution in [0.5, 0.6) is 0 Å². The number of nitrogens with one attached hydrogen (secondary N) is 1. The van der Waals surface area contributed by atoms with Crippen LogP contribution < -0.4 is 5.32 Å². The molecule has 92 valence electrons. The molecule has 1 aromatic rings. The van der Waals surface area contributed by atoms with E-state index in [-0.39, 0.29) is 5.41 Å². The summed E-state index contributed by atoms with van der Waals surface area (Å²) < 4.78 is 5.08. The topological polar surface area (TPSA) is 57.9 Å². The molecule has 1 aromatic heterocycles. The maximum Gasteiger partial charge on any atom is 0.143 e.